The van der Waals surface area contributed by atoms with E-state index in [9.17, 15) is 8.42 Å². The van der Waals surface area contributed by atoms with E-state index in [-0.39, 0.29) is 29.8 Å². The number of hydrogen-bond acceptors (Lipinski definition) is 5. The van der Waals surface area contributed by atoms with Crippen LogP contribution in [0.4, 0.5) is 5.69 Å². The van der Waals surface area contributed by atoms with E-state index < -0.39 is 10.0 Å². The predicted octanol–water partition coefficient (Wildman–Crippen LogP) is 0.676. The molecule has 0 spiro atoms. The quantitative estimate of drug-likeness (QED) is 0.776. The first-order valence-electron chi connectivity index (χ1n) is 6.43. The summed E-state index contributed by atoms with van der Waals surface area (Å²) < 4.78 is 26.6. The number of benzene rings is 1. The highest BCUT2D eigenvalue weighted by Crippen LogP contribution is 2.31. The van der Waals surface area contributed by atoms with Crippen LogP contribution in [0.1, 0.15) is 24.8 Å². The summed E-state index contributed by atoms with van der Waals surface area (Å²) in [5, 5.41) is 17.9. The van der Waals surface area contributed by atoms with Gasteiger partial charge in [0, 0.05) is 12.6 Å². The van der Waals surface area contributed by atoms with Gasteiger partial charge in [-0.15, -0.1) is 0 Å². The number of anilines is 1. The molecule has 0 amide bonds. The van der Waals surface area contributed by atoms with Crippen molar-refractivity contribution in [2.24, 2.45) is 0 Å². The molecule has 0 aliphatic heterocycles. The molecule has 1 fully saturated rings. The zero-order valence-corrected chi connectivity index (χ0v) is 11.8. The highest BCUT2D eigenvalue weighted by molar-refractivity contribution is 7.89. The Kier molecular flexibility index (Phi) is 4.28. The Morgan fingerprint density at radius 3 is 2.60 bits per heavy atom. The lowest BCUT2D eigenvalue weighted by Crippen LogP contribution is -2.45. The minimum Gasteiger partial charge on any atom is -0.398 e. The molecule has 20 heavy (non-hydrogen) atoms. The number of aliphatic hydroxyl groups excluding tert-OH is 1. The third kappa shape index (κ3) is 2.63. The summed E-state index contributed by atoms with van der Waals surface area (Å²) in [7, 11) is -3.74. The zero-order chi connectivity index (χ0) is 14.8. The third-order valence-electron chi connectivity index (χ3n) is 3.53. The predicted molar refractivity (Wildman–Crippen MR) is 74.2 cm³/mol. The van der Waals surface area contributed by atoms with Gasteiger partial charge in [0.15, 0.2) is 0 Å². The van der Waals surface area contributed by atoms with E-state index in [2.05, 4.69) is 0 Å². The fourth-order valence-corrected chi connectivity index (χ4v) is 4.03. The van der Waals surface area contributed by atoms with Crippen molar-refractivity contribution in [1.29, 1.82) is 5.26 Å². The highest BCUT2D eigenvalue weighted by Gasteiger charge is 2.35. The molecule has 3 N–H and O–H groups in total. The molecule has 0 atom stereocenters. The van der Waals surface area contributed by atoms with Crippen molar-refractivity contribution >= 4 is 15.7 Å². The van der Waals surface area contributed by atoms with E-state index >= 15 is 0 Å². The molecular weight excluding hydrogens is 278 g/mol. The van der Waals surface area contributed by atoms with Crippen molar-refractivity contribution in [3.63, 3.8) is 0 Å². The van der Waals surface area contributed by atoms with Gasteiger partial charge in [-0.2, -0.15) is 9.57 Å². The van der Waals surface area contributed by atoms with E-state index in [1.165, 1.54) is 22.5 Å². The summed E-state index contributed by atoms with van der Waals surface area (Å²) in [6.07, 6.45) is 2.59. The SMILES string of the molecule is N#Cc1ccc(S(=O)(=O)N(CCO)C2CCC2)c(N)c1. The second-order valence-corrected chi connectivity index (χ2v) is 6.65. The van der Waals surface area contributed by atoms with Crippen molar-refractivity contribution in [2.45, 2.75) is 30.2 Å². The second-order valence-electron chi connectivity index (χ2n) is 4.79. The van der Waals surface area contributed by atoms with Gasteiger partial charge in [0.05, 0.1) is 23.9 Å². The van der Waals surface area contributed by atoms with Gasteiger partial charge in [0.25, 0.3) is 0 Å². The van der Waals surface area contributed by atoms with Crippen LogP contribution in [0.5, 0.6) is 0 Å². The van der Waals surface area contributed by atoms with Crippen LogP contribution in [0.15, 0.2) is 23.1 Å². The molecular formula is C13H17N3O3S. The molecule has 0 heterocycles. The lowest BCUT2D eigenvalue weighted by molar-refractivity contribution is 0.178. The standard InChI is InChI=1S/C13H17N3O3S/c14-9-10-4-5-13(12(15)8-10)20(18,19)16(6-7-17)11-2-1-3-11/h4-5,8,11,17H,1-3,6-7,15H2. The van der Waals surface area contributed by atoms with Crippen molar-refractivity contribution in [2.75, 3.05) is 18.9 Å². The van der Waals surface area contributed by atoms with Crippen LogP contribution in [0, 0.1) is 11.3 Å². The first-order valence-corrected chi connectivity index (χ1v) is 7.87. The van der Waals surface area contributed by atoms with Gasteiger partial charge in [-0.05, 0) is 31.0 Å². The van der Waals surface area contributed by atoms with Crippen LogP contribution in [0.3, 0.4) is 0 Å². The van der Waals surface area contributed by atoms with Crippen LogP contribution in [-0.2, 0) is 10.0 Å². The van der Waals surface area contributed by atoms with Gasteiger partial charge in [0.1, 0.15) is 4.90 Å². The molecule has 1 aromatic rings. The van der Waals surface area contributed by atoms with E-state index in [0.29, 0.717) is 5.56 Å². The molecule has 2 rings (SSSR count). The maximum Gasteiger partial charge on any atom is 0.245 e. The molecule has 1 saturated carbocycles. The number of nitrogen functional groups attached to an aromatic ring is 1. The molecule has 108 valence electrons. The Morgan fingerprint density at radius 2 is 2.15 bits per heavy atom. The first-order chi connectivity index (χ1) is 9.50. The number of rotatable bonds is 5. The smallest absolute Gasteiger partial charge is 0.245 e. The molecule has 0 aromatic heterocycles. The van der Waals surface area contributed by atoms with Crippen molar-refractivity contribution in [1.82, 2.24) is 4.31 Å². The number of sulfonamides is 1. The van der Waals surface area contributed by atoms with Crippen molar-refractivity contribution in [3.8, 4) is 6.07 Å². The number of hydrogen-bond donors (Lipinski definition) is 2. The maximum atomic E-state index is 12.6. The Morgan fingerprint density at radius 1 is 1.45 bits per heavy atom. The van der Waals surface area contributed by atoms with Gasteiger partial charge in [-0.25, -0.2) is 8.42 Å². The summed E-state index contributed by atoms with van der Waals surface area (Å²) in [4.78, 5) is -0.00292. The maximum absolute atomic E-state index is 12.6. The average molecular weight is 295 g/mol. The summed E-state index contributed by atoms with van der Waals surface area (Å²) in [5.74, 6) is 0. The van der Waals surface area contributed by atoms with Crippen molar-refractivity contribution < 1.29 is 13.5 Å². The molecule has 0 saturated heterocycles. The molecule has 1 aromatic carbocycles. The fraction of sp³-hybridized carbons (Fsp3) is 0.462. The molecule has 6 nitrogen and oxygen atoms in total. The number of nitrogens with zero attached hydrogens (tertiary/aromatic N) is 2. The van der Waals surface area contributed by atoms with Gasteiger partial charge in [-0.3, -0.25) is 0 Å². The Balaban J connectivity index is 2.39. The second kappa shape index (κ2) is 5.79. The van der Waals surface area contributed by atoms with Gasteiger partial charge >= 0.3 is 0 Å². The van der Waals surface area contributed by atoms with Gasteiger partial charge < -0.3 is 10.8 Å². The molecule has 0 bridgehead atoms. The van der Waals surface area contributed by atoms with E-state index in [0.717, 1.165) is 19.3 Å². The number of aliphatic hydroxyl groups is 1. The monoisotopic (exact) mass is 295 g/mol. The first kappa shape index (κ1) is 14.8. The molecule has 7 heteroatoms. The van der Waals surface area contributed by atoms with Gasteiger partial charge in [0.2, 0.25) is 10.0 Å². The van der Waals surface area contributed by atoms with Crippen LogP contribution in [0.25, 0.3) is 0 Å². The minimum atomic E-state index is -3.74. The number of nitrogens with two attached hydrogens (primary N) is 1. The lowest BCUT2D eigenvalue weighted by atomic mass is 9.93. The molecule has 0 unspecified atom stereocenters. The molecule has 1 aliphatic rings. The third-order valence-corrected chi connectivity index (χ3v) is 5.55. The van der Waals surface area contributed by atoms with Crippen LogP contribution in [-0.4, -0.2) is 37.0 Å². The van der Waals surface area contributed by atoms with Crippen LogP contribution in [0.2, 0.25) is 0 Å². The summed E-state index contributed by atoms with van der Waals surface area (Å²) in [5.41, 5.74) is 6.14. The Bertz CT molecular complexity index is 633. The van der Waals surface area contributed by atoms with Gasteiger partial charge in [-0.1, -0.05) is 6.42 Å². The van der Waals surface area contributed by atoms with Crippen molar-refractivity contribution in [3.05, 3.63) is 23.8 Å². The summed E-state index contributed by atoms with van der Waals surface area (Å²) in [6, 6.07) is 5.99. The summed E-state index contributed by atoms with van der Waals surface area (Å²) in [6.45, 7) is -0.168. The van der Waals surface area contributed by atoms with Crippen LogP contribution < -0.4 is 5.73 Å². The Hall–Kier alpha value is -1.62. The fourth-order valence-electron chi connectivity index (χ4n) is 2.25. The van der Waals surface area contributed by atoms with E-state index in [4.69, 9.17) is 16.1 Å². The average Bonchev–Trinajstić information content (AvgIpc) is 2.35. The number of nitriles is 1. The molecule has 1 aliphatic carbocycles. The normalized spacial score (nSPS) is 15.8. The molecule has 0 radical (unpaired) electrons. The topological polar surface area (TPSA) is 107 Å². The lowest BCUT2D eigenvalue weighted by Gasteiger charge is -2.36. The largest absolute Gasteiger partial charge is 0.398 e. The van der Waals surface area contributed by atoms with E-state index in [1.54, 1.807) is 0 Å². The highest BCUT2D eigenvalue weighted by atomic mass is 32.2. The Labute approximate surface area is 118 Å². The summed E-state index contributed by atoms with van der Waals surface area (Å²) >= 11 is 0. The van der Waals surface area contributed by atoms with Crippen LogP contribution >= 0.6 is 0 Å². The zero-order valence-electron chi connectivity index (χ0n) is 11.0. The minimum absolute atomic E-state index is 0.00292. The van der Waals surface area contributed by atoms with E-state index in [1.807, 2.05) is 6.07 Å².